The Balaban J connectivity index is 1.96. The van der Waals surface area contributed by atoms with Crippen molar-refractivity contribution in [2.75, 3.05) is 19.7 Å². The molecule has 0 saturated carbocycles. The van der Waals surface area contributed by atoms with Gasteiger partial charge in [-0.3, -0.25) is 4.79 Å². The maximum Gasteiger partial charge on any atom is 0.248 e. The second-order valence-electron chi connectivity index (χ2n) is 6.36. The number of benzene rings is 2. The first-order valence-corrected chi connectivity index (χ1v) is 8.50. The fourth-order valence-corrected chi connectivity index (χ4v) is 2.39. The lowest BCUT2D eigenvalue weighted by Crippen LogP contribution is -2.23. The van der Waals surface area contributed by atoms with Gasteiger partial charge in [-0.05, 0) is 54.8 Å². The number of rotatable bonds is 9. The van der Waals surface area contributed by atoms with Crippen molar-refractivity contribution in [1.82, 2.24) is 5.32 Å². The van der Waals surface area contributed by atoms with E-state index in [-0.39, 0.29) is 5.82 Å². The molecular formula is C20H25FN2O2. The summed E-state index contributed by atoms with van der Waals surface area (Å²) in [7, 11) is 0. The molecule has 0 aromatic heterocycles. The van der Waals surface area contributed by atoms with Crippen molar-refractivity contribution >= 4 is 5.91 Å². The minimum Gasteiger partial charge on any atom is -0.492 e. The second-order valence-corrected chi connectivity index (χ2v) is 6.36. The molecule has 0 radical (unpaired) electrons. The number of amides is 1. The van der Waals surface area contributed by atoms with Gasteiger partial charge in [0.1, 0.15) is 18.2 Å². The largest absolute Gasteiger partial charge is 0.492 e. The third kappa shape index (κ3) is 5.87. The van der Waals surface area contributed by atoms with Crippen molar-refractivity contribution in [1.29, 1.82) is 0 Å². The van der Waals surface area contributed by atoms with E-state index in [9.17, 15) is 9.18 Å². The van der Waals surface area contributed by atoms with Crippen molar-refractivity contribution in [2.45, 2.75) is 20.3 Å². The average molecular weight is 344 g/mol. The Kier molecular flexibility index (Phi) is 6.95. The molecule has 0 saturated heterocycles. The van der Waals surface area contributed by atoms with Crippen LogP contribution in [0.25, 0.3) is 11.1 Å². The van der Waals surface area contributed by atoms with Gasteiger partial charge >= 0.3 is 0 Å². The van der Waals surface area contributed by atoms with Crippen LogP contribution in [0.5, 0.6) is 5.75 Å². The highest BCUT2D eigenvalue weighted by atomic mass is 19.1. The van der Waals surface area contributed by atoms with E-state index in [1.54, 1.807) is 36.4 Å². The maximum atomic E-state index is 14.1. The van der Waals surface area contributed by atoms with Gasteiger partial charge < -0.3 is 15.8 Å². The van der Waals surface area contributed by atoms with Crippen molar-refractivity contribution < 1.29 is 13.9 Å². The van der Waals surface area contributed by atoms with E-state index >= 15 is 0 Å². The molecule has 25 heavy (non-hydrogen) atoms. The number of hydrogen-bond donors (Lipinski definition) is 2. The van der Waals surface area contributed by atoms with Crippen LogP contribution in [0, 0.1) is 11.7 Å². The van der Waals surface area contributed by atoms with Gasteiger partial charge in [0.05, 0.1) is 0 Å². The van der Waals surface area contributed by atoms with Gasteiger partial charge in [0.15, 0.2) is 0 Å². The number of nitrogens with one attached hydrogen (secondary N) is 1. The van der Waals surface area contributed by atoms with Crippen LogP contribution in [0.1, 0.15) is 30.6 Å². The summed E-state index contributed by atoms with van der Waals surface area (Å²) in [5.41, 5.74) is 6.72. The van der Waals surface area contributed by atoms with Crippen molar-refractivity contribution in [3.63, 3.8) is 0 Å². The fourth-order valence-electron chi connectivity index (χ4n) is 2.39. The number of nitrogens with two attached hydrogens (primary N) is 1. The van der Waals surface area contributed by atoms with Crippen LogP contribution in [0.4, 0.5) is 4.39 Å². The van der Waals surface area contributed by atoms with Crippen LogP contribution in [-0.2, 0) is 0 Å². The van der Waals surface area contributed by atoms with Crippen LogP contribution in [-0.4, -0.2) is 25.6 Å². The van der Waals surface area contributed by atoms with Crippen LogP contribution in [0.2, 0.25) is 0 Å². The van der Waals surface area contributed by atoms with Crippen LogP contribution in [0.3, 0.4) is 0 Å². The first-order valence-electron chi connectivity index (χ1n) is 8.50. The minimum absolute atomic E-state index is 0.339. The molecule has 0 fully saturated rings. The van der Waals surface area contributed by atoms with Gasteiger partial charge in [0, 0.05) is 17.7 Å². The van der Waals surface area contributed by atoms with Crippen molar-refractivity contribution in [3.05, 3.63) is 53.8 Å². The molecule has 1 amide bonds. The number of carbonyl (C=O) groups is 1. The van der Waals surface area contributed by atoms with Crippen molar-refractivity contribution in [3.8, 4) is 16.9 Å². The normalized spacial score (nSPS) is 10.9. The molecule has 0 heterocycles. The standard InChI is InChI=1S/C20H25FN2O2/c1-14(2)9-10-23-11-12-25-17-7-8-19(21)18(13-17)15-3-5-16(6-4-15)20(22)24/h3-8,13-14,23H,9-12H2,1-2H3,(H2,22,24). The third-order valence-corrected chi connectivity index (χ3v) is 3.86. The van der Waals surface area contributed by atoms with Crippen LogP contribution >= 0.6 is 0 Å². The maximum absolute atomic E-state index is 14.1. The molecule has 0 atom stereocenters. The number of primary amides is 1. The van der Waals surface area contributed by atoms with Gasteiger partial charge in [0.25, 0.3) is 0 Å². The topological polar surface area (TPSA) is 64.3 Å². The smallest absolute Gasteiger partial charge is 0.248 e. The summed E-state index contributed by atoms with van der Waals surface area (Å²) in [6, 6.07) is 11.2. The molecule has 3 N–H and O–H groups in total. The highest BCUT2D eigenvalue weighted by Crippen LogP contribution is 2.27. The molecule has 5 heteroatoms. The third-order valence-electron chi connectivity index (χ3n) is 3.86. The Labute approximate surface area is 148 Å². The Morgan fingerprint density at radius 3 is 2.52 bits per heavy atom. The molecule has 0 bridgehead atoms. The van der Waals surface area contributed by atoms with Gasteiger partial charge in [-0.15, -0.1) is 0 Å². The van der Waals surface area contributed by atoms with Crippen LogP contribution < -0.4 is 15.8 Å². The van der Waals surface area contributed by atoms with Gasteiger partial charge in [-0.2, -0.15) is 0 Å². The van der Waals surface area contributed by atoms with Crippen LogP contribution in [0.15, 0.2) is 42.5 Å². The Morgan fingerprint density at radius 1 is 1.16 bits per heavy atom. The second kappa shape index (κ2) is 9.18. The lowest BCUT2D eigenvalue weighted by atomic mass is 10.0. The summed E-state index contributed by atoms with van der Waals surface area (Å²) < 4.78 is 19.8. The predicted molar refractivity (Wildman–Crippen MR) is 98.2 cm³/mol. The Bertz CT molecular complexity index is 699. The molecule has 0 aliphatic rings. The molecule has 0 aliphatic carbocycles. The zero-order valence-corrected chi connectivity index (χ0v) is 14.7. The Morgan fingerprint density at radius 2 is 1.88 bits per heavy atom. The van der Waals surface area contributed by atoms with E-state index in [1.807, 2.05) is 0 Å². The predicted octanol–water partition coefficient (Wildman–Crippen LogP) is 3.61. The number of halogens is 1. The van der Waals surface area contributed by atoms with Gasteiger partial charge in [0.2, 0.25) is 5.91 Å². The molecular weight excluding hydrogens is 319 g/mol. The van der Waals surface area contributed by atoms with E-state index in [4.69, 9.17) is 10.5 Å². The summed E-state index contributed by atoms with van der Waals surface area (Å²) in [4.78, 5) is 11.1. The lowest BCUT2D eigenvalue weighted by Gasteiger charge is -2.11. The first-order chi connectivity index (χ1) is 12.0. The summed E-state index contributed by atoms with van der Waals surface area (Å²) in [5, 5.41) is 3.32. The van der Waals surface area contributed by atoms with Gasteiger partial charge in [-0.25, -0.2) is 4.39 Å². The molecule has 2 rings (SSSR count). The van der Waals surface area contributed by atoms with E-state index in [1.165, 1.54) is 6.07 Å². The molecule has 2 aromatic carbocycles. The fraction of sp³-hybridized carbons (Fsp3) is 0.350. The number of carbonyl (C=O) groups excluding carboxylic acids is 1. The van der Waals surface area contributed by atoms with E-state index in [2.05, 4.69) is 19.2 Å². The van der Waals surface area contributed by atoms with E-state index < -0.39 is 5.91 Å². The summed E-state index contributed by atoms with van der Waals surface area (Å²) in [6.07, 6.45) is 1.13. The summed E-state index contributed by atoms with van der Waals surface area (Å²) in [5.74, 6) is 0.443. The van der Waals surface area contributed by atoms with E-state index in [0.29, 0.717) is 35.0 Å². The zero-order valence-electron chi connectivity index (χ0n) is 14.7. The molecule has 4 nitrogen and oxygen atoms in total. The SMILES string of the molecule is CC(C)CCNCCOc1ccc(F)c(-c2ccc(C(N)=O)cc2)c1. The number of hydrogen-bond acceptors (Lipinski definition) is 3. The molecule has 134 valence electrons. The van der Waals surface area contributed by atoms with Gasteiger partial charge in [-0.1, -0.05) is 26.0 Å². The van der Waals surface area contributed by atoms with Crippen molar-refractivity contribution in [2.24, 2.45) is 11.7 Å². The van der Waals surface area contributed by atoms with E-state index in [0.717, 1.165) is 19.5 Å². The lowest BCUT2D eigenvalue weighted by molar-refractivity contribution is 0.100. The quantitative estimate of drug-likeness (QED) is 0.683. The molecule has 0 spiro atoms. The first kappa shape index (κ1) is 18.9. The zero-order chi connectivity index (χ0) is 18.2. The minimum atomic E-state index is -0.505. The summed E-state index contributed by atoms with van der Waals surface area (Å²) >= 11 is 0. The highest BCUT2D eigenvalue weighted by Gasteiger charge is 2.08. The molecule has 2 aromatic rings. The number of ether oxygens (including phenoxy) is 1. The highest BCUT2D eigenvalue weighted by molar-refractivity contribution is 5.93. The Hall–Kier alpha value is -2.40. The monoisotopic (exact) mass is 344 g/mol. The average Bonchev–Trinajstić information content (AvgIpc) is 2.59. The molecule has 0 unspecified atom stereocenters. The summed E-state index contributed by atoms with van der Waals surface area (Å²) in [6.45, 7) is 6.60. The molecule has 0 aliphatic heterocycles.